The van der Waals surface area contributed by atoms with Gasteiger partial charge in [-0.25, -0.2) is 0 Å². The number of hydrogen-bond acceptors (Lipinski definition) is 7. The number of aryl methyl sites for hydroxylation is 1. The lowest BCUT2D eigenvalue weighted by atomic mass is 10.3. The van der Waals surface area contributed by atoms with Gasteiger partial charge in [0.05, 0.1) is 11.3 Å². The van der Waals surface area contributed by atoms with Crippen LogP contribution in [0, 0.1) is 0 Å². The summed E-state index contributed by atoms with van der Waals surface area (Å²) >= 11 is 1.51. The van der Waals surface area contributed by atoms with E-state index < -0.39 is 5.97 Å². The van der Waals surface area contributed by atoms with E-state index in [1.165, 1.54) is 11.3 Å². The predicted molar refractivity (Wildman–Crippen MR) is 80.2 cm³/mol. The number of esters is 1. The van der Waals surface area contributed by atoms with Crippen molar-refractivity contribution in [3.05, 3.63) is 23.4 Å². The van der Waals surface area contributed by atoms with Crippen molar-refractivity contribution in [1.29, 1.82) is 0 Å². The molecule has 0 radical (unpaired) electrons. The molecule has 2 aromatic rings. The SMILES string of the molecule is CC(C)NC(=O)COC(=O)CCc1nc(-c2cccs2)no1. The zero-order valence-electron chi connectivity index (χ0n) is 12.4. The molecule has 0 aliphatic rings. The van der Waals surface area contributed by atoms with Crippen LogP contribution in [0.25, 0.3) is 10.7 Å². The number of thiophene rings is 1. The van der Waals surface area contributed by atoms with Gasteiger partial charge in [0, 0.05) is 12.5 Å². The summed E-state index contributed by atoms with van der Waals surface area (Å²) in [5.74, 6) is 0.0811. The summed E-state index contributed by atoms with van der Waals surface area (Å²) in [7, 11) is 0. The van der Waals surface area contributed by atoms with Crippen molar-refractivity contribution in [3.63, 3.8) is 0 Å². The van der Waals surface area contributed by atoms with Crippen LogP contribution in [0.3, 0.4) is 0 Å². The van der Waals surface area contributed by atoms with Gasteiger partial charge in [-0.3, -0.25) is 9.59 Å². The van der Waals surface area contributed by atoms with Crippen molar-refractivity contribution >= 4 is 23.2 Å². The molecule has 2 heterocycles. The summed E-state index contributed by atoms with van der Waals surface area (Å²) in [5.41, 5.74) is 0. The van der Waals surface area contributed by atoms with Crippen LogP contribution < -0.4 is 5.32 Å². The molecule has 0 fully saturated rings. The van der Waals surface area contributed by atoms with E-state index in [-0.39, 0.29) is 31.4 Å². The van der Waals surface area contributed by atoms with E-state index in [2.05, 4.69) is 15.5 Å². The number of aromatic nitrogens is 2. The van der Waals surface area contributed by atoms with Gasteiger partial charge in [0.2, 0.25) is 11.7 Å². The van der Waals surface area contributed by atoms with Gasteiger partial charge in [-0.15, -0.1) is 11.3 Å². The van der Waals surface area contributed by atoms with Crippen LogP contribution in [-0.2, 0) is 20.7 Å². The molecule has 0 spiro atoms. The molecule has 7 nitrogen and oxygen atoms in total. The lowest BCUT2D eigenvalue weighted by Crippen LogP contribution is -2.34. The first kappa shape index (κ1) is 16.2. The first-order chi connectivity index (χ1) is 10.5. The van der Waals surface area contributed by atoms with Gasteiger partial charge in [-0.05, 0) is 25.3 Å². The zero-order valence-corrected chi connectivity index (χ0v) is 13.2. The number of ether oxygens (including phenoxy) is 1. The van der Waals surface area contributed by atoms with Gasteiger partial charge in [0.15, 0.2) is 6.61 Å². The van der Waals surface area contributed by atoms with Crippen molar-refractivity contribution in [2.45, 2.75) is 32.7 Å². The minimum absolute atomic E-state index is 0.0141. The first-order valence-electron chi connectivity index (χ1n) is 6.86. The van der Waals surface area contributed by atoms with Crippen LogP contribution in [-0.4, -0.2) is 34.7 Å². The minimum atomic E-state index is -0.477. The molecule has 0 bridgehead atoms. The molecule has 2 rings (SSSR count). The number of carbonyl (C=O) groups is 2. The minimum Gasteiger partial charge on any atom is -0.456 e. The molecule has 0 aliphatic carbocycles. The average molecular weight is 323 g/mol. The Bertz CT molecular complexity index is 622. The lowest BCUT2D eigenvalue weighted by molar-refractivity contribution is -0.148. The highest BCUT2D eigenvalue weighted by Crippen LogP contribution is 2.21. The molecular formula is C14H17N3O4S. The van der Waals surface area contributed by atoms with Gasteiger partial charge in [0.25, 0.3) is 5.91 Å². The Hall–Kier alpha value is -2.22. The Morgan fingerprint density at radius 2 is 2.27 bits per heavy atom. The molecule has 0 unspecified atom stereocenters. The third-order valence-corrected chi connectivity index (χ3v) is 3.43. The third-order valence-electron chi connectivity index (χ3n) is 2.57. The second-order valence-corrected chi connectivity index (χ2v) is 5.82. The maximum Gasteiger partial charge on any atom is 0.306 e. The summed E-state index contributed by atoms with van der Waals surface area (Å²) in [6.07, 6.45) is 0.365. The lowest BCUT2D eigenvalue weighted by Gasteiger charge is -2.08. The van der Waals surface area contributed by atoms with Crippen LogP contribution in [0.2, 0.25) is 0 Å². The summed E-state index contributed by atoms with van der Waals surface area (Å²) in [6, 6.07) is 3.80. The molecule has 0 saturated carbocycles. The molecule has 0 aromatic carbocycles. The van der Waals surface area contributed by atoms with Crippen LogP contribution in [0.4, 0.5) is 0 Å². The molecule has 2 aromatic heterocycles. The van der Waals surface area contributed by atoms with Crippen LogP contribution in [0.15, 0.2) is 22.0 Å². The zero-order chi connectivity index (χ0) is 15.9. The topological polar surface area (TPSA) is 94.3 Å². The van der Waals surface area contributed by atoms with E-state index in [4.69, 9.17) is 9.26 Å². The second kappa shape index (κ2) is 7.69. The van der Waals surface area contributed by atoms with Gasteiger partial charge in [0.1, 0.15) is 0 Å². The van der Waals surface area contributed by atoms with Crippen molar-refractivity contribution < 1.29 is 18.8 Å². The quantitative estimate of drug-likeness (QED) is 0.781. The van der Waals surface area contributed by atoms with E-state index in [1.807, 2.05) is 31.4 Å². The van der Waals surface area contributed by atoms with E-state index >= 15 is 0 Å². The normalized spacial score (nSPS) is 10.7. The molecule has 1 N–H and O–H groups in total. The van der Waals surface area contributed by atoms with Crippen molar-refractivity contribution in [1.82, 2.24) is 15.5 Å². The third kappa shape index (κ3) is 4.96. The number of amides is 1. The number of hydrogen-bond donors (Lipinski definition) is 1. The van der Waals surface area contributed by atoms with Crippen LogP contribution in [0.5, 0.6) is 0 Å². The smallest absolute Gasteiger partial charge is 0.306 e. The van der Waals surface area contributed by atoms with E-state index in [0.29, 0.717) is 11.7 Å². The summed E-state index contributed by atoms with van der Waals surface area (Å²) in [5, 5.41) is 8.41. The summed E-state index contributed by atoms with van der Waals surface area (Å²) in [4.78, 5) is 28.0. The Balaban J connectivity index is 1.74. The first-order valence-corrected chi connectivity index (χ1v) is 7.74. The highest BCUT2D eigenvalue weighted by molar-refractivity contribution is 7.13. The Morgan fingerprint density at radius 1 is 1.45 bits per heavy atom. The van der Waals surface area contributed by atoms with Crippen molar-refractivity contribution in [2.75, 3.05) is 6.61 Å². The fourth-order valence-corrected chi connectivity index (χ4v) is 2.30. The molecule has 118 valence electrons. The molecule has 0 saturated heterocycles. The molecule has 0 atom stereocenters. The van der Waals surface area contributed by atoms with Crippen LogP contribution >= 0.6 is 11.3 Å². The second-order valence-electron chi connectivity index (χ2n) is 4.87. The Morgan fingerprint density at radius 3 is 2.95 bits per heavy atom. The number of rotatable bonds is 7. The maximum atomic E-state index is 11.6. The van der Waals surface area contributed by atoms with E-state index in [1.54, 1.807) is 0 Å². The van der Waals surface area contributed by atoms with E-state index in [0.717, 1.165) is 4.88 Å². The maximum absolute atomic E-state index is 11.6. The van der Waals surface area contributed by atoms with Crippen LogP contribution in [0.1, 0.15) is 26.2 Å². The Labute approximate surface area is 131 Å². The summed E-state index contributed by atoms with van der Waals surface area (Å²) in [6.45, 7) is 3.39. The van der Waals surface area contributed by atoms with Gasteiger partial charge < -0.3 is 14.6 Å². The number of nitrogens with zero attached hydrogens (tertiary/aromatic N) is 2. The average Bonchev–Trinajstić information content (AvgIpc) is 3.12. The van der Waals surface area contributed by atoms with Crippen molar-refractivity contribution in [3.8, 4) is 10.7 Å². The fraction of sp³-hybridized carbons (Fsp3) is 0.429. The standard InChI is InChI=1S/C14H17N3O4S/c1-9(2)15-11(18)8-20-13(19)6-5-12-16-14(17-21-12)10-4-3-7-22-10/h3-4,7,9H,5-6,8H2,1-2H3,(H,15,18). The molecule has 0 aliphatic heterocycles. The Kier molecular flexibility index (Phi) is 5.65. The largest absolute Gasteiger partial charge is 0.456 e. The summed E-state index contributed by atoms with van der Waals surface area (Å²) < 4.78 is 9.94. The van der Waals surface area contributed by atoms with Crippen molar-refractivity contribution in [2.24, 2.45) is 0 Å². The highest BCUT2D eigenvalue weighted by Gasteiger charge is 2.13. The highest BCUT2D eigenvalue weighted by atomic mass is 32.1. The monoisotopic (exact) mass is 323 g/mol. The number of nitrogens with one attached hydrogen (secondary N) is 1. The van der Waals surface area contributed by atoms with Gasteiger partial charge in [-0.1, -0.05) is 11.2 Å². The molecule has 22 heavy (non-hydrogen) atoms. The van der Waals surface area contributed by atoms with Gasteiger partial charge in [-0.2, -0.15) is 4.98 Å². The molecule has 1 amide bonds. The predicted octanol–water partition coefficient (Wildman–Crippen LogP) is 1.80. The molecular weight excluding hydrogens is 306 g/mol. The van der Waals surface area contributed by atoms with E-state index in [9.17, 15) is 9.59 Å². The van der Waals surface area contributed by atoms with Gasteiger partial charge >= 0.3 is 5.97 Å². The number of carbonyl (C=O) groups excluding carboxylic acids is 2. The fourth-order valence-electron chi connectivity index (χ4n) is 1.65. The molecule has 8 heteroatoms.